The molecule has 2 aromatic rings. The Morgan fingerprint density at radius 3 is 2.74 bits per heavy atom. The highest BCUT2D eigenvalue weighted by Gasteiger charge is 2.18. The maximum absolute atomic E-state index is 14.0. The summed E-state index contributed by atoms with van der Waals surface area (Å²) in [6.45, 7) is 6.52. The fraction of sp³-hybridized carbons (Fsp3) is 0.333. The lowest BCUT2D eigenvalue weighted by atomic mass is 10.0. The zero-order valence-corrected chi connectivity index (χ0v) is 11.4. The van der Waals surface area contributed by atoms with Crippen LogP contribution in [0.15, 0.2) is 30.5 Å². The van der Waals surface area contributed by atoms with Crippen LogP contribution in [-0.2, 0) is 0 Å². The van der Waals surface area contributed by atoms with Gasteiger partial charge in [-0.3, -0.25) is 0 Å². The second kappa shape index (κ2) is 5.89. The molecule has 2 rings (SSSR count). The van der Waals surface area contributed by atoms with E-state index < -0.39 is 0 Å². The number of rotatable bonds is 4. The van der Waals surface area contributed by atoms with Crippen LogP contribution >= 0.6 is 0 Å². The minimum absolute atomic E-state index is 0.215. The summed E-state index contributed by atoms with van der Waals surface area (Å²) in [5.41, 5.74) is 2.45. The van der Waals surface area contributed by atoms with E-state index in [1.807, 2.05) is 32.9 Å². The Kier molecular flexibility index (Phi) is 4.22. The largest absolute Gasteiger partial charge is 0.305 e. The van der Waals surface area contributed by atoms with E-state index in [2.05, 4.69) is 15.3 Å². The van der Waals surface area contributed by atoms with Gasteiger partial charge in [0.1, 0.15) is 11.6 Å². The van der Waals surface area contributed by atoms with Crippen LogP contribution in [0.1, 0.15) is 35.6 Å². The summed E-state index contributed by atoms with van der Waals surface area (Å²) in [7, 11) is 0. The van der Waals surface area contributed by atoms with Gasteiger partial charge in [0.25, 0.3) is 0 Å². The average molecular weight is 259 g/mol. The first-order valence-corrected chi connectivity index (χ1v) is 6.40. The number of benzene rings is 1. The highest BCUT2D eigenvalue weighted by atomic mass is 19.1. The van der Waals surface area contributed by atoms with Gasteiger partial charge in [-0.1, -0.05) is 24.6 Å². The monoisotopic (exact) mass is 259 g/mol. The van der Waals surface area contributed by atoms with Crippen molar-refractivity contribution >= 4 is 0 Å². The zero-order chi connectivity index (χ0) is 13.8. The van der Waals surface area contributed by atoms with Gasteiger partial charge in [0.05, 0.1) is 11.7 Å². The summed E-state index contributed by atoms with van der Waals surface area (Å²) in [6.07, 6.45) is 1.70. The molecule has 0 bridgehead atoms. The molecule has 4 heteroatoms. The summed E-state index contributed by atoms with van der Waals surface area (Å²) in [4.78, 5) is 8.48. The number of nitrogens with one attached hydrogen (secondary N) is 1. The molecule has 1 aromatic heterocycles. The van der Waals surface area contributed by atoms with E-state index in [1.165, 1.54) is 6.07 Å². The lowest BCUT2D eigenvalue weighted by Crippen LogP contribution is -2.24. The molecule has 0 saturated heterocycles. The third kappa shape index (κ3) is 3.15. The number of halogens is 1. The second-order valence-electron chi connectivity index (χ2n) is 4.54. The van der Waals surface area contributed by atoms with Crippen LogP contribution in [0.3, 0.4) is 0 Å². The molecule has 0 aliphatic carbocycles. The molecule has 1 aromatic carbocycles. The highest BCUT2D eigenvalue weighted by Crippen LogP contribution is 2.24. The van der Waals surface area contributed by atoms with Crippen LogP contribution in [0.2, 0.25) is 0 Å². The average Bonchev–Trinajstić information content (AvgIpc) is 2.39. The van der Waals surface area contributed by atoms with Crippen molar-refractivity contribution in [3.8, 4) is 0 Å². The number of aryl methyl sites for hydroxylation is 2. The van der Waals surface area contributed by atoms with Gasteiger partial charge < -0.3 is 5.32 Å². The van der Waals surface area contributed by atoms with Crippen LogP contribution in [0.5, 0.6) is 0 Å². The molecule has 0 saturated carbocycles. The standard InChI is InChI=1S/C15H18FN3/c1-4-17-15(14-7-8-18-11(3)19-14)12-9-10(2)5-6-13(12)16/h5-9,15,17H,4H2,1-3H3. The number of aromatic nitrogens is 2. The SMILES string of the molecule is CCNC(c1ccnc(C)n1)c1cc(C)ccc1F. The third-order valence-corrected chi connectivity index (χ3v) is 2.96. The Morgan fingerprint density at radius 1 is 1.26 bits per heavy atom. The third-order valence-electron chi connectivity index (χ3n) is 2.96. The predicted molar refractivity (Wildman–Crippen MR) is 73.4 cm³/mol. The topological polar surface area (TPSA) is 37.8 Å². The molecule has 0 radical (unpaired) electrons. The van der Waals surface area contributed by atoms with E-state index in [-0.39, 0.29) is 11.9 Å². The summed E-state index contributed by atoms with van der Waals surface area (Å²) < 4.78 is 14.0. The van der Waals surface area contributed by atoms with E-state index in [0.717, 1.165) is 17.8 Å². The summed E-state index contributed by atoms with van der Waals surface area (Å²) in [5, 5.41) is 3.28. The van der Waals surface area contributed by atoms with Gasteiger partial charge in [-0.05, 0) is 32.5 Å². The second-order valence-corrected chi connectivity index (χ2v) is 4.54. The van der Waals surface area contributed by atoms with Crippen LogP contribution in [0, 0.1) is 19.7 Å². The van der Waals surface area contributed by atoms with Crippen molar-refractivity contribution in [3.05, 3.63) is 58.9 Å². The summed E-state index contributed by atoms with van der Waals surface area (Å²) in [6, 6.07) is 6.71. The molecule has 1 atom stereocenters. The van der Waals surface area contributed by atoms with Crippen molar-refractivity contribution in [2.75, 3.05) is 6.54 Å². The minimum Gasteiger partial charge on any atom is -0.305 e. The Morgan fingerprint density at radius 2 is 2.05 bits per heavy atom. The van der Waals surface area contributed by atoms with Crippen molar-refractivity contribution in [1.29, 1.82) is 0 Å². The Hall–Kier alpha value is -1.81. The number of hydrogen-bond acceptors (Lipinski definition) is 3. The lowest BCUT2D eigenvalue weighted by molar-refractivity contribution is 0.550. The molecule has 1 N–H and O–H groups in total. The van der Waals surface area contributed by atoms with Crippen LogP contribution in [0.25, 0.3) is 0 Å². The lowest BCUT2D eigenvalue weighted by Gasteiger charge is -2.19. The first-order valence-electron chi connectivity index (χ1n) is 6.40. The van der Waals surface area contributed by atoms with Crippen molar-refractivity contribution in [2.24, 2.45) is 0 Å². The molecule has 0 aliphatic heterocycles. The summed E-state index contributed by atoms with van der Waals surface area (Å²) >= 11 is 0. The Bertz CT molecular complexity index is 569. The van der Waals surface area contributed by atoms with E-state index in [0.29, 0.717) is 11.4 Å². The molecule has 3 nitrogen and oxygen atoms in total. The van der Waals surface area contributed by atoms with Gasteiger partial charge >= 0.3 is 0 Å². The first-order chi connectivity index (χ1) is 9.11. The molecule has 0 amide bonds. The molecule has 100 valence electrons. The zero-order valence-electron chi connectivity index (χ0n) is 11.4. The Balaban J connectivity index is 2.48. The maximum atomic E-state index is 14.0. The van der Waals surface area contributed by atoms with Crippen LogP contribution in [-0.4, -0.2) is 16.5 Å². The quantitative estimate of drug-likeness (QED) is 0.917. The molecule has 0 aliphatic rings. The fourth-order valence-electron chi connectivity index (χ4n) is 2.10. The van der Waals surface area contributed by atoms with E-state index in [9.17, 15) is 4.39 Å². The number of hydrogen-bond donors (Lipinski definition) is 1. The molecule has 0 fully saturated rings. The first kappa shape index (κ1) is 13.6. The van der Waals surface area contributed by atoms with Gasteiger partial charge in [-0.15, -0.1) is 0 Å². The molecule has 0 spiro atoms. The highest BCUT2D eigenvalue weighted by molar-refractivity contribution is 5.32. The van der Waals surface area contributed by atoms with E-state index in [4.69, 9.17) is 0 Å². The van der Waals surface area contributed by atoms with E-state index in [1.54, 1.807) is 12.3 Å². The molecular weight excluding hydrogens is 241 g/mol. The molecular formula is C15H18FN3. The van der Waals surface area contributed by atoms with Crippen molar-refractivity contribution in [2.45, 2.75) is 26.8 Å². The maximum Gasteiger partial charge on any atom is 0.128 e. The number of nitrogens with zero attached hydrogens (tertiary/aromatic N) is 2. The van der Waals surface area contributed by atoms with Crippen molar-refractivity contribution < 1.29 is 4.39 Å². The van der Waals surface area contributed by atoms with Crippen molar-refractivity contribution in [3.63, 3.8) is 0 Å². The van der Waals surface area contributed by atoms with Gasteiger partial charge in [0.2, 0.25) is 0 Å². The van der Waals surface area contributed by atoms with Gasteiger partial charge in [0.15, 0.2) is 0 Å². The molecule has 1 heterocycles. The normalized spacial score (nSPS) is 12.4. The smallest absolute Gasteiger partial charge is 0.128 e. The van der Waals surface area contributed by atoms with Gasteiger partial charge in [0, 0.05) is 11.8 Å². The van der Waals surface area contributed by atoms with Crippen molar-refractivity contribution in [1.82, 2.24) is 15.3 Å². The Labute approximate surface area is 112 Å². The van der Waals surface area contributed by atoms with Gasteiger partial charge in [-0.25, -0.2) is 14.4 Å². The molecule has 19 heavy (non-hydrogen) atoms. The van der Waals surface area contributed by atoms with Crippen LogP contribution in [0.4, 0.5) is 4.39 Å². The van der Waals surface area contributed by atoms with E-state index >= 15 is 0 Å². The van der Waals surface area contributed by atoms with Crippen LogP contribution < -0.4 is 5.32 Å². The molecule has 1 unspecified atom stereocenters. The van der Waals surface area contributed by atoms with Gasteiger partial charge in [-0.2, -0.15) is 0 Å². The minimum atomic E-state index is -0.244. The summed E-state index contributed by atoms with van der Waals surface area (Å²) in [5.74, 6) is 0.473. The predicted octanol–water partition coefficient (Wildman–Crippen LogP) is 2.93. The fourth-order valence-corrected chi connectivity index (χ4v) is 2.10.